The molecule has 0 radical (unpaired) electrons. The van der Waals surface area contributed by atoms with Gasteiger partial charge in [-0.05, 0) is 37.4 Å². The number of fused-ring (bicyclic) bond motifs is 1. The molecule has 1 amide bonds. The molecule has 4 rings (SSSR count). The number of hydrogen-bond acceptors (Lipinski definition) is 5. The summed E-state index contributed by atoms with van der Waals surface area (Å²) in [6.07, 6.45) is 8.05. The third kappa shape index (κ3) is 3.72. The number of rotatable bonds is 5. The van der Waals surface area contributed by atoms with Crippen molar-refractivity contribution >= 4 is 28.0 Å². The van der Waals surface area contributed by atoms with E-state index in [0.29, 0.717) is 11.0 Å². The molecular formula is C18H21N5OS. The monoisotopic (exact) mass is 355 g/mol. The largest absolute Gasteiger partial charge is 0.304 e. The fraction of sp³-hybridized carbons (Fsp3) is 0.389. The minimum Gasteiger partial charge on any atom is -0.304 e. The molecular weight excluding hydrogens is 334 g/mol. The van der Waals surface area contributed by atoms with Crippen molar-refractivity contribution in [1.29, 1.82) is 0 Å². The van der Waals surface area contributed by atoms with E-state index >= 15 is 0 Å². The Morgan fingerprint density at radius 2 is 2.32 bits per heavy atom. The van der Waals surface area contributed by atoms with Crippen LogP contribution in [0.1, 0.15) is 23.9 Å². The van der Waals surface area contributed by atoms with E-state index in [1.165, 1.54) is 23.9 Å². The molecule has 6 nitrogen and oxygen atoms in total. The Bertz CT molecular complexity index is 886. The van der Waals surface area contributed by atoms with Crippen LogP contribution in [0.3, 0.4) is 0 Å². The Hall–Kier alpha value is -2.25. The van der Waals surface area contributed by atoms with E-state index in [4.69, 9.17) is 0 Å². The molecule has 0 spiro atoms. The molecule has 1 saturated heterocycles. The minimum absolute atomic E-state index is 0.0733. The van der Waals surface area contributed by atoms with Gasteiger partial charge in [-0.25, -0.2) is 9.97 Å². The molecule has 7 heteroatoms. The number of nitrogens with zero attached hydrogens (tertiary/aromatic N) is 4. The molecule has 0 saturated carbocycles. The molecule has 1 aliphatic heterocycles. The highest BCUT2D eigenvalue weighted by atomic mass is 32.1. The van der Waals surface area contributed by atoms with Gasteiger partial charge in [0.2, 0.25) is 5.91 Å². The first kappa shape index (κ1) is 16.2. The lowest BCUT2D eigenvalue weighted by atomic mass is 10.0. The lowest BCUT2D eigenvalue weighted by molar-refractivity contribution is -0.114. The molecule has 25 heavy (non-hydrogen) atoms. The summed E-state index contributed by atoms with van der Waals surface area (Å²) in [5.41, 5.74) is 2.34. The van der Waals surface area contributed by atoms with Gasteiger partial charge in [0.1, 0.15) is 5.65 Å². The highest BCUT2D eigenvalue weighted by molar-refractivity contribution is 7.15. The zero-order valence-electron chi connectivity index (χ0n) is 14.2. The predicted octanol–water partition coefficient (Wildman–Crippen LogP) is 2.81. The average Bonchev–Trinajstić information content (AvgIpc) is 3.29. The average molecular weight is 355 g/mol. The van der Waals surface area contributed by atoms with Gasteiger partial charge in [0.05, 0.1) is 0 Å². The molecule has 1 N–H and O–H groups in total. The van der Waals surface area contributed by atoms with Crippen LogP contribution in [-0.4, -0.2) is 38.3 Å². The van der Waals surface area contributed by atoms with Crippen molar-refractivity contribution in [2.45, 2.75) is 26.3 Å². The van der Waals surface area contributed by atoms with Crippen molar-refractivity contribution in [1.82, 2.24) is 19.3 Å². The summed E-state index contributed by atoms with van der Waals surface area (Å²) in [4.78, 5) is 23.4. The number of nitrogens with one attached hydrogen (secondary N) is 1. The van der Waals surface area contributed by atoms with Gasteiger partial charge in [0.15, 0.2) is 5.13 Å². The van der Waals surface area contributed by atoms with Crippen LogP contribution in [0, 0.1) is 5.92 Å². The molecule has 1 fully saturated rings. The van der Waals surface area contributed by atoms with E-state index in [9.17, 15) is 4.79 Å². The summed E-state index contributed by atoms with van der Waals surface area (Å²) in [6.45, 7) is 4.62. The first-order chi connectivity index (χ1) is 12.2. The fourth-order valence-electron chi connectivity index (χ4n) is 3.50. The third-order valence-corrected chi connectivity index (χ3v) is 5.49. The maximum atomic E-state index is 11.1. The quantitative estimate of drug-likeness (QED) is 0.764. The lowest BCUT2D eigenvalue weighted by Crippen LogP contribution is -2.20. The highest BCUT2D eigenvalue weighted by Gasteiger charge is 2.24. The molecule has 3 aromatic rings. The second-order valence-electron chi connectivity index (χ2n) is 6.58. The molecule has 1 unspecified atom stereocenters. The van der Waals surface area contributed by atoms with Crippen molar-refractivity contribution in [3.8, 4) is 0 Å². The number of carbonyl (C=O) groups excluding carboxylic acids is 1. The van der Waals surface area contributed by atoms with Crippen LogP contribution >= 0.6 is 11.3 Å². The van der Waals surface area contributed by atoms with Crippen LogP contribution in [0.4, 0.5) is 5.13 Å². The van der Waals surface area contributed by atoms with Gasteiger partial charge in [-0.1, -0.05) is 6.07 Å². The van der Waals surface area contributed by atoms with Crippen LogP contribution < -0.4 is 5.32 Å². The number of carbonyl (C=O) groups is 1. The van der Waals surface area contributed by atoms with Gasteiger partial charge in [-0.15, -0.1) is 11.3 Å². The Kier molecular flexibility index (Phi) is 4.50. The SMILES string of the molecule is CC(=O)Nc1ncc(CN2CCC(Cc3cccc4nccn34)C2)s1. The van der Waals surface area contributed by atoms with E-state index < -0.39 is 0 Å². The maximum Gasteiger partial charge on any atom is 0.223 e. The molecule has 1 aliphatic rings. The van der Waals surface area contributed by atoms with Gasteiger partial charge in [-0.3, -0.25) is 9.69 Å². The van der Waals surface area contributed by atoms with Crippen LogP contribution in [0.25, 0.3) is 5.65 Å². The standard InChI is InChI=1S/C18H21N5OS/c1-13(24)21-18-20-10-16(25-18)12-22-7-5-14(11-22)9-15-3-2-4-17-19-6-8-23(15)17/h2-4,6,8,10,14H,5,7,9,11-12H2,1H3,(H,20,21,24). The predicted molar refractivity (Wildman–Crippen MR) is 98.7 cm³/mol. The zero-order valence-corrected chi connectivity index (χ0v) is 15.0. The third-order valence-electron chi connectivity index (χ3n) is 4.60. The number of thiazole rings is 1. The van der Waals surface area contributed by atoms with E-state index in [0.717, 1.165) is 31.7 Å². The number of likely N-dealkylation sites (tertiary alicyclic amines) is 1. The van der Waals surface area contributed by atoms with Crippen LogP contribution in [0.15, 0.2) is 36.8 Å². The topological polar surface area (TPSA) is 62.5 Å². The van der Waals surface area contributed by atoms with E-state index in [1.54, 1.807) is 11.3 Å². The number of aromatic nitrogens is 3. The fourth-order valence-corrected chi connectivity index (χ4v) is 4.40. The molecule has 0 aliphatic carbocycles. The molecule has 0 bridgehead atoms. The van der Waals surface area contributed by atoms with Crippen molar-refractivity contribution < 1.29 is 4.79 Å². The van der Waals surface area contributed by atoms with Crippen LogP contribution in [0.2, 0.25) is 0 Å². The summed E-state index contributed by atoms with van der Waals surface area (Å²) in [5.74, 6) is 0.589. The zero-order chi connectivity index (χ0) is 17.2. The Balaban J connectivity index is 1.36. The van der Waals surface area contributed by atoms with Gasteiger partial charge >= 0.3 is 0 Å². The molecule has 0 aromatic carbocycles. The van der Waals surface area contributed by atoms with Gasteiger partial charge in [-0.2, -0.15) is 0 Å². The van der Waals surface area contributed by atoms with Crippen LogP contribution in [0.5, 0.6) is 0 Å². The second-order valence-corrected chi connectivity index (χ2v) is 7.69. The summed E-state index contributed by atoms with van der Waals surface area (Å²) in [5, 5.41) is 3.43. The Morgan fingerprint density at radius 1 is 1.40 bits per heavy atom. The summed E-state index contributed by atoms with van der Waals surface area (Å²) >= 11 is 1.56. The van der Waals surface area contributed by atoms with Crippen molar-refractivity contribution in [2.24, 2.45) is 5.92 Å². The smallest absolute Gasteiger partial charge is 0.223 e. The van der Waals surface area contributed by atoms with Crippen molar-refractivity contribution in [3.05, 3.63) is 47.4 Å². The minimum atomic E-state index is -0.0733. The summed E-state index contributed by atoms with van der Waals surface area (Å²) in [6, 6.07) is 6.33. The van der Waals surface area contributed by atoms with Crippen molar-refractivity contribution in [2.75, 3.05) is 18.4 Å². The summed E-state index contributed by atoms with van der Waals surface area (Å²) in [7, 11) is 0. The van der Waals surface area contributed by atoms with Gasteiger partial charge in [0, 0.05) is 49.2 Å². The number of pyridine rings is 1. The number of imidazole rings is 1. The summed E-state index contributed by atoms with van der Waals surface area (Å²) < 4.78 is 2.19. The molecule has 3 aromatic heterocycles. The maximum absolute atomic E-state index is 11.1. The Labute approximate surface area is 150 Å². The second kappa shape index (κ2) is 6.93. The lowest BCUT2D eigenvalue weighted by Gasteiger charge is -2.15. The molecule has 4 heterocycles. The molecule has 1 atom stereocenters. The first-order valence-electron chi connectivity index (χ1n) is 8.53. The number of hydrogen-bond donors (Lipinski definition) is 1. The Morgan fingerprint density at radius 3 is 3.20 bits per heavy atom. The van der Waals surface area contributed by atoms with Gasteiger partial charge < -0.3 is 9.72 Å². The number of anilines is 1. The highest BCUT2D eigenvalue weighted by Crippen LogP contribution is 2.25. The molecule has 130 valence electrons. The van der Waals surface area contributed by atoms with E-state index in [2.05, 4.69) is 36.7 Å². The first-order valence-corrected chi connectivity index (χ1v) is 9.34. The van der Waals surface area contributed by atoms with Crippen molar-refractivity contribution in [3.63, 3.8) is 0 Å². The van der Waals surface area contributed by atoms with E-state index in [-0.39, 0.29) is 5.91 Å². The normalized spacial score (nSPS) is 18.0. The van der Waals surface area contributed by atoms with E-state index in [1.807, 2.05) is 24.7 Å². The van der Waals surface area contributed by atoms with Crippen LogP contribution in [-0.2, 0) is 17.8 Å². The van der Waals surface area contributed by atoms with Gasteiger partial charge in [0.25, 0.3) is 0 Å². The number of amides is 1.